The van der Waals surface area contributed by atoms with E-state index in [-0.39, 0.29) is 27.8 Å². The van der Waals surface area contributed by atoms with E-state index in [1.807, 2.05) is 24.3 Å². The van der Waals surface area contributed by atoms with Crippen LogP contribution in [0.1, 0.15) is 108 Å². The first kappa shape index (κ1) is 21.0. The van der Waals surface area contributed by atoms with Gasteiger partial charge in [0.25, 0.3) is 0 Å². The lowest BCUT2D eigenvalue weighted by atomic mass is 9.72. The molecule has 2 aliphatic carbocycles. The van der Waals surface area contributed by atoms with Crippen LogP contribution in [0.3, 0.4) is 0 Å². The maximum Gasteiger partial charge on any atom is 0.161 e. The average molecular weight is 411 g/mol. The Morgan fingerprint density at radius 3 is 1.35 bits per heavy atom. The summed E-state index contributed by atoms with van der Waals surface area (Å²) in [5.41, 5.74) is 5.30. The number of hydrogen-bond donors (Lipinski definition) is 0. The fourth-order valence-electron chi connectivity index (χ4n) is 6.17. The molecule has 2 aromatic rings. The summed E-state index contributed by atoms with van der Waals surface area (Å²) in [5, 5.41) is 19.3. The van der Waals surface area contributed by atoms with Crippen molar-refractivity contribution in [3.8, 4) is 12.1 Å². The van der Waals surface area contributed by atoms with Crippen molar-refractivity contribution in [1.29, 1.82) is 10.5 Å². The molecule has 156 valence electrons. The van der Waals surface area contributed by atoms with Crippen LogP contribution in [0.15, 0.2) is 24.3 Å². The van der Waals surface area contributed by atoms with E-state index in [2.05, 4.69) is 39.8 Å². The molecule has 4 nitrogen and oxygen atoms in total. The molecule has 0 fully saturated rings. The molecule has 0 saturated carbocycles. The molecule has 2 aromatic carbocycles. The minimum Gasteiger partial charge on any atom is -0.294 e. The molecule has 4 heteroatoms. The molecule has 0 N–H and O–H groups in total. The van der Waals surface area contributed by atoms with Gasteiger partial charge in [0.2, 0.25) is 0 Å². The molecule has 0 heterocycles. The van der Waals surface area contributed by atoms with Crippen LogP contribution in [-0.4, -0.2) is 11.6 Å². The smallest absolute Gasteiger partial charge is 0.161 e. The van der Waals surface area contributed by atoms with E-state index in [0.29, 0.717) is 22.3 Å². The van der Waals surface area contributed by atoms with E-state index < -0.39 is 0 Å². The second kappa shape index (κ2) is 6.38. The van der Waals surface area contributed by atoms with E-state index in [4.69, 9.17) is 0 Å². The van der Waals surface area contributed by atoms with Crippen LogP contribution in [0.2, 0.25) is 0 Å². The highest BCUT2D eigenvalue weighted by molar-refractivity contribution is 5.98. The monoisotopic (exact) mass is 410 g/mol. The predicted molar refractivity (Wildman–Crippen MR) is 118 cm³/mol. The molecule has 0 saturated heterocycles. The first-order valence-corrected chi connectivity index (χ1v) is 10.6. The zero-order valence-corrected chi connectivity index (χ0v) is 18.9. The second-order valence-electron chi connectivity index (χ2n) is 10.4. The summed E-state index contributed by atoms with van der Waals surface area (Å²) in [5.74, 6) is -0.248. The van der Waals surface area contributed by atoms with Gasteiger partial charge in [0.1, 0.15) is 0 Å². The molecule has 0 radical (unpaired) electrons. The summed E-state index contributed by atoms with van der Waals surface area (Å²) in [7, 11) is 0. The van der Waals surface area contributed by atoms with Crippen molar-refractivity contribution in [1.82, 2.24) is 0 Å². The normalized spacial score (nSPS) is 18.7. The summed E-state index contributed by atoms with van der Waals surface area (Å²) < 4.78 is 0. The largest absolute Gasteiger partial charge is 0.294 e. The number of fused-ring (bicyclic) bond motifs is 4. The average Bonchev–Trinajstić information content (AvgIpc) is 3.05. The van der Waals surface area contributed by atoms with Gasteiger partial charge in [-0.1, -0.05) is 27.7 Å². The Hall–Kier alpha value is -3.24. The van der Waals surface area contributed by atoms with E-state index in [1.54, 1.807) is 0 Å². The van der Waals surface area contributed by atoms with Gasteiger partial charge in [0.05, 0.1) is 23.3 Å². The van der Waals surface area contributed by atoms with Crippen molar-refractivity contribution in [2.24, 2.45) is 0 Å². The van der Waals surface area contributed by atoms with Gasteiger partial charge in [-0.05, 0) is 84.0 Å². The van der Waals surface area contributed by atoms with Crippen LogP contribution in [0.5, 0.6) is 0 Å². The topological polar surface area (TPSA) is 81.7 Å². The minimum absolute atomic E-state index is 0.124. The number of Topliss-reactive ketones (excluding diaryl/α,β-unsaturated/α-hetero) is 2. The third-order valence-corrected chi connectivity index (χ3v) is 7.29. The van der Waals surface area contributed by atoms with E-state index in [0.717, 1.165) is 35.1 Å². The van der Waals surface area contributed by atoms with Gasteiger partial charge in [-0.15, -0.1) is 0 Å². The summed E-state index contributed by atoms with van der Waals surface area (Å²) in [4.78, 5) is 24.7. The van der Waals surface area contributed by atoms with Gasteiger partial charge in [0, 0.05) is 16.5 Å². The van der Waals surface area contributed by atoms with Gasteiger partial charge in [-0.3, -0.25) is 9.59 Å². The zero-order valence-electron chi connectivity index (χ0n) is 18.9. The molecular formula is C27H26N2O2. The molecule has 0 bridgehead atoms. The Labute approximate surface area is 183 Å². The number of nitriles is 2. The fourth-order valence-corrected chi connectivity index (χ4v) is 6.17. The highest BCUT2D eigenvalue weighted by Gasteiger charge is 2.56. The van der Waals surface area contributed by atoms with Gasteiger partial charge in [0.15, 0.2) is 11.6 Å². The van der Waals surface area contributed by atoms with Crippen LogP contribution in [0.4, 0.5) is 0 Å². The third-order valence-electron chi connectivity index (χ3n) is 7.29. The van der Waals surface area contributed by atoms with Crippen molar-refractivity contribution in [3.05, 3.63) is 68.8 Å². The van der Waals surface area contributed by atoms with Crippen molar-refractivity contribution < 1.29 is 9.59 Å². The van der Waals surface area contributed by atoms with Crippen molar-refractivity contribution in [2.45, 2.75) is 70.6 Å². The van der Waals surface area contributed by atoms with E-state index in [1.165, 1.54) is 13.8 Å². The quantitative estimate of drug-likeness (QED) is 0.614. The Morgan fingerprint density at radius 1 is 0.710 bits per heavy atom. The highest BCUT2D eigenvalue weighted by Crippen LogP contribution is 2.63. The Bertz CT molecular complexity index is 1170. The standard InChI is InChI=1S/C27H26N2O2/c1-15(30)19-9-23-21(7-17(19)11-28)25(3,4)13-27(23)14-26(5,6)22-8-18(12-29)20(16(2)31)10-24(22)27/h7-10H,13-14H2,1-6H3. The number of benzene rings is 2. The molecule has 4 rings (SSSR count). The number of hydrogen-bond acceptors (Lipinski definition) is 4. The molecule has 2 aliphatic rings. The van der Waals surface area contributed by atoms with Crippen LogP contribution < -0.4 is 0 Å². The van der Waals surface area contributed by atoms with Crippen LogP contribution in [-0.2, 0) is 16.2 Å². The van der Waals surface area contributed by atoms with Crippen LogP contribution in [0.25, 0.3) is 0 Å². The molecule has 0 amide bonds. The number of ketones is 2. The lowest BCUT2D eigenvalue weighted by Crippen LogP contribution is -2.27. The van der Waals surface area contributed by atoms with Crippen molar-refractivity contribution in [3.63, 3.8) is 0 Å². The van der Waals surface area contributed by atoms with Crippen LogP contribution in [0, 0.1) is 22.7 Å². The molecule has 0 atom stereocenters. The van der Waals surface area contributed by atoms with Gasteiger partial charge in [-0.2, -0.15) is 10.5 Å². The summed E-state index contributed by atoms with van der Waals surface area (Å²) >= 11 is 0. The van der Waals surface area contributed by atoms with E-state index >= 15 is 0 Å². The second-order valence-corrected chi connectivity index (χ2v) is 10.4. The summed E-state index contributed by atoms with van der Waals surface area (Å²) in [6.45, 7) is 11.7. The Morgan fingerprint density at radius 2 is 1.06 bits per heavy atom. The summed E-state index contributed by atoms with van der Waals surface area (Å²) in [6.07, 6.45) is 1.64. The maximum absolute atomic E-state index is 12.4. The SMILES string of the molecule is CC(=O)c1cc2c(cc1C#N)C(C)(C)CC21CC(C)(C)c2cc(C#N)c(C(C)=O)cc21. The number of rotatable bonds is 2. The van der Waals surface area contributed by atoms with Gasteiger partial charge >= 0.3 is 0 Å². The highest BCUT2D eigenvalue weighted by atomic mass is 16.1. The van der Waals surface area contributed by atoms with E-state index in [9.17, 15) is 20.1 Å². The fraction of sp³-hybridized carbons (Fsp3) is 0.407. The molecule has 1 spiro atoms. The molecule has 0 aliphatic heterocycles. The molecule has 0 aromatic heterocycles. The summed E-state index contributed by atoms with van der Waals surface area (Å²) in [6, 6.07) is 12.0. The number of nitrogens with zero attached hydrogens (tertiary/aromatic N) is 2. The molecular weight excluding hydrogens is 384 g/mol. The predicted octanol–water partition coefficient (Wildman–Crippen LogP) is 5.48. The number of carbonyl (C=O) groups excluding carboxylic acids is 2. The van der Waals surface area contributed by atoms with Gasteiger partial charge in [-0.25, -0.2) is 0 Å². The van der Waals surface area contributed by atoms with Crippen molar-refractivity contribution >= 4 is 11.6 Å². The minimum atomic E-state index is -0.367. The Balaban J connectivity index is 2.11. The lowest BCUT2D eigenvalue weighted by molar-refractivity contribution is 0.100. The first-order chi connectivity index (χ1) is 14.4. The lowest BCUT2D eigenvalue weighted by Gasteiger charge is -2.31. The third kappa shape index (κ3) is 2.78. The zero-order chi connectivity index (χ0) is 22.9. The Kier molecular flexibility index (Phi) is 4.32. The first-order valence-electron chi connectivity index (χ1n) is 10.6. The van der Waals surface area contributed by atoms with Gasteiger partial charge < -0.3 is 0 Å². The molecule has 31 heavy (non-hydrogen) atoms. The van der Waals surface area contributed by atoms with Crippen LogP contribution >= 0.6 is 0 Å². The number of carbonyl (C=O) groups is 2. The van der Waals surface area contributed by atoms with Crippen molar-refractivity contribution in [2.75, 3.05) is 0 Å². The molecule has 0 unspecified atom stereocenters. The maximum atomic E-state index is 12.4.